The van der Waals surface area contributed by atoms with Crippen molar-refractivity contribution >= 4 is 0 Å². The Hall–Kier alpha value is -2.20. The average molecular weight is 627 g/mol. The maximum absolute atomic E-state index is 13.2. The van der Waals surface area contributed by atoms with E-state index < -0.39 is 22.0 Å². The Morgan fingerprint density at radius 1 is 0.600 bits per heavy atom. The molecule has 0 aromatic heterocycles. The highest BCUT2D eigenvalue weighted by Crippen LogP contribution is 2.47. The molecule has 0 bridgehead atoms. The molecule has 2 aliphatic carbocycles. The smallest absolute Gasteiger partial charge is 0.202 e. The van der Waals surface area contributed by atoms with E-state index in [-0.39, 0.29) is 10.8 Å². The first-order valence-corrected chi connectivity index (χ1v) is 17.0. The topological polar surface area (TPSA) is 91.9 Å². The first-order chi connectivity index (χ1) is 20.9. The first-order valence-electron chi connectivity index (χ1n) is 17.0. The van der Waals surface area contributed by atoms with Gasteiger partial charge in [-0.05, 0) is 103 Å². The van der Waals surface area contributed by atoms with Crippen LogP contribution in [0.5, 0.6) is 11.5 Å². The third-order valence-corrected chi connectivity index (χ3v) is 9.37. The summed E-state index contributed by atoms with van der Waals surface area (Å²) in [5.74, 6) is 1.13. The van der Waals surface area contributed by atoms with Crippen molar-refractivity contribution in [3.8, 4) is 11.5 Å². The van der Waals surface area contributed by atoms with Crippen molar-refractivity contribution < 1.29 is 30.1 Å². The molecule has 2 fully saturated rings. The molecule has 0 amide bonds. The number of benzene rings is 2. The van der Waals surface area contributed by atoms with Crippen molar-refractivity contribution in [2.45, 2.75) is 162 Å². The molecule has 0 saturated heterocycles. The molecular formula is C37H58N2O6. The summed E-state index contributed by atoms with van der Waals surface area (Å²) in [5.41, 5.74) is 4.42. The maximum Gasteiger partial charge on any atom is 0.202 e. The zero-order valence-corrected chi connectivity index (χ0v) is 29.5. The van der Waals surface area contributed by atoms with Gasteiger partial charge in [0, 0.05) is 28.7 Å². The number of quaternary nitrogens is 2. The normalized spacial score (nSPS) is 20.0. The van der Waals surface area contributed by atoms with Gasteiger partial charge in [-0.25, -0.2) is 0 Å². The lowest BCUT2D eigenvalue weighted by Crippen LogP contribution is -3.09. The Morgan fingerprint density at radius 2 is 0.933 bits per heavy atom. The van der Waals surface area contributed by atoms with Gasteiger partial charge in [0.25, 0.3) is 0 Å². The quantitative estimate of drug-likeness (QED) is 0.272. The number of nitrogens with one attached hydrogen (secondary N) is 2. The number of rotatable bonds is 10. The first kappa shape index (κ1) is 35.7. The zero-order valence-electron chi connectivity index (χ0n) is 29.5. The van der Waals surface area contributed by atoms with Gasteiger partial charge in [-0.1, -0.05) is 87.8 Å². The van der Waals surface area contributed by atoms with Gasteiger partial charge in [0.2, 0.25) is 11.5 Å². The molecule has 2 aromatic rings. The molecule has 8 nitrogen and oxygen atoms in total. The van der Waals surface area contributed by atoms with Crippen LogP contribution in [-0.2, 0) is 26.9 Å². The Kier molecular flexibility index (Phi) is 11.0. The predicted molar refractivity (Wildman–Crippen MR) is 178 cm³/mol. The fraction of sp³-hybridized carbons (Fsp3) is 0.676. The van der Waals surface area contributed by atoms with Gasteiger partial charge in [0.15, 0.2) is 0 Å². The summed E-state index contributed by atoms with van der Waals surface area (Å²) >= 11 is 0. The van der Waals surface area contributed by atoms with Gasteiger partial charge in [-0.15, -0.1) is 0 Å². The third kappa shape index (κ3) is 9.43. The second-order valence-electron chi connectivity index (χ2n) is 16.2. The van der Waals surface area contributed by atoms with E-state index in [0.717, 1.165) is 84.7 Å². The summed E-state index contributed by atoms with van der Waals surface area (Å²) < 4.78 is 0. The lowest BCUT2D eigenvalue weighted by molar-refractivity contribution is -1.19. The molecule has 2 aliphatic rings. The van der Waals surface area contributed by atoms with Gasteiger partial charge < -0.3 is 10.4 Å². The molecule has 2 N–H and O–H groups in total. The monoisotopic (exact) mass is 626 g/mol. The van der Waals surface area contributed by atoms with E-state index in [1.165, 1.54) is 12.8 Å². The molecule has 2 unspecified atom stereocenters. The zero-order chi connectivity index (χ0) is 33.2. The second kappa shape index (κ2) is 13.9. The van der Waals surface area contributed by atoms with Crippen LogP contribution in [0.15, 0.2) is 24.3 Å². The van der Waals surface area contributed by atoms with Crippen molar-refractivity contribution in [1.82, 2.24) is 0 Å². The largest absolute Gasteiger partial charge is 0.556 e. The van der Waals surface area contributed by atoms with E-state index in [1.54, 1.807) is 0 Å². The van der Waals surface area contributed by atoms with Crippen molar-refractivity contribution in [2.24, 2.45) is 0 Å². The molecule has 45 heavy (non-hydrogen) atoms. The highest BCUT2D eigenvalue weighted by Gasteiger charge is 2.37. The summed E-state index contributed by atoms with van der Waals surface area (Å²) in [5, 5.41) is 25.0. The van der Waals surface area contributed by atoms with Crippen LogP contribution >= 0.6 is 0 Å². The fourth-order valence-corrected chi connectivity index (χ4v) is 7.21. The van der Waals surface area contributed by atoms with E-state index in [4.69, 9.17) is 19.4 Å². The summed E-state index contributed by atoms with van der Waals surface area (Å²) in [6.07, 6.45) is 11.5. The van der Waals surface area contributed by atoms with Crippen LogP contribution in [0.4, 0.5) is 0 Å². The Labute approximate surface area is 271 Å². The highest BCUT2D eigenvalue weighted by molar-refractivity contribution is 5.54. The second-order valence-corrected chi connectivity index (χ2v) is 16.2. The predicted octanol–water partition coefficient (Wildman–Crippen LogP) is 7.15. The Balaban J connectivity index is 1.87. The minimum absolute atomic E-state index is 0.125. The van der Waals surface area contributed by atoms with Crippen LogP contribution < -0.4 is 20.5 Å². The molecule has 0 aliphatic heterocycles. The van der Waals surface area contributed by atoms with Crippen LogP contribution in [0.1, 0.15) is 153 Å². The van der Waals surface area contributed by atoms with E-state index >= 15 is 0 Å². The molecule has 2 saturated carbocycles. The van der Waals surface area contributed by atoms with Crippen molar-refractivity contribution in [3.05, 3.63) is 68.1 Å². The van der Waals surface area contributed by atoms with Crippen molar-refractivity contribution in [1.29, 1.82) is 0 Å². The van der Waals surface area contributed by atoms with Crippen molar-refractivity contribution in [2.75, 3.05) is 0 Å². The standard InChI is InChI=1S/C37H58N2O6/c1-26-21-28(32(42-38(40)44-34(3,4)5)30(23-26)36(9)17-13-11-14-18-36)25-29-22-27(2)24-31(37(10)19-15-12-16-20-37)33(29)43-39(41)45-35(6,7)8/h21-24,38-39H,11-20,25H2,1-10H3. The van der Waals surface area contributed by atoms with Crippen LogP contribution in [0, 0.1) is 24.3 Å². The maximum atomic E-state index is 13.2. The van der Waals surface area contributed by atoms with Crippen LogP contribution in [0.25, 0.3) is 0 Å². The van der Waals surface area contributed by atoms with Crippen LogP contribution in [0.2, 0.25) is 0 Å². The molecule has 2 atom stereocenters. The van der Waals surface area contributed by atoms with Crippen molar-refractivity contribution in [3.63, 3.8) is 0 Å². The van der Waals surface area contributed by atoms with Gasteiger partial charge >= 0.3 is 0 Å². The van der Waals surface area contributed by atoms with Gasteiger partial charge in [-0.2, -0.15) is 9.68 Å². The molecule has 8 heteroatoms. The van der Waals surface area contributed by atoms with Crippen LogP contribution in [0.3, 0.4) is 0 Å². The minimum atomic E-state index is -0.710. The molecule has 0 radical (unpaired) electrons. The summed E-state index contributed by atoms with van der Waals surface area (Å²) in [7, 11) is 0. The van der Waals surface area contributed by atoms with Gasteiger partial charge in [-0.3, -0.25) is 9.68 Å². The number of hydrogen-bond donors (Lipinski definition) is 2. The Morgan fingerprint density at radius 3 is 1.24 bits per heavy atom. The summed E-state index contributed by atoms with van der Waals surface area (Å²) in [6.45, 7) is 19.8. The molecule has 0 spiro atoms. The summed E-state index contributed by atoms with van der Waals surface area (Å²) in [6, 6.07) is 8.54. The SMILES string of the molecule is Cc1cc(Cc2cc(C)cc(C3(C)CCCCC3)c2O[NH+]([O-])OC(C)(C)C)c(O[NH+]([O-])OC(C)(C)C)c(C2(C)CCCCC2)c1. The molecule has 2 aromatic carbocycles. The lowest BCUT2D eigenvalue weighted by atomic mass is 9.69. The van der Waals surface area contributed by atoms with E-state index in [2.05, 4.69) is 52.0 Å². The molecule has 252 valence electrons. The lowest BCUT2D eigenvalue weighted by Gasteiger charge is -2.37. The fourth-order valence-electron chi connectivity index (χ4n) is 7.21. The Bertz CT molecular complexity index is 1200. The van der Waals surface area contributed by atoms with Gasteiger partial charge in [0.05, 0.1) is 0 Å². The number of aryl methyl sites for hydroxylation is 2. The highest BCUT2D eigenvalue weighted by atomic mass is 17.1. The average Bonchev–Trinajstić information content (AvgIpc) is 2.90. The van der Waals surface area contributed by atoms with Gasteiger partial charge in [0.1, 0.15) is 11.2 Å². The van der Waals surface area contributed by atoms with E-state index in [1.807, 2.05) is 41.5 Å². The van der Waals surface area contributed by atoms with Crippen LogP contribution in [-0.4, -0.2) is 11.2 Å². The number of hydrogen-bond acceptors (Lipinski definition) is 6. The van der Waals surface area contributed by atoms with E-state index in [9.17, 15) is 10.4 Å². The summed E-state index contributed by atoms with van der Waals surface area (Å²) in [4.78, 5) is 23.7. The molecule has 0 heterocycles. The minimum Gasteiger partial charge on any atom is -0.556 e. The van der Waals surface area contributed by atoms with E-state index in [0.29, 0.717) is 17.9 Å². The third-order valence-electron chi connectivity index (χ3n) is 9.37. The molecule has 4 rings (SSSR count). The molecular weight excluding hydrogens is 568 g/mol.